The molecular formula is C13H20N2O3. The van der Waals surface area contributed by atoms with Crippen molar-refractivity contribution in [3.63, 3.8) is 0 Å². The van der Waals surface area contributed by atoms with Crippen LogP contribution in [-0.2, 0) is 4.74 Å². The largest absolute Gasteiger partial charge is 0.378 e. The maximum Gasteiger partial charge on any atom is 0.268 e. The summed E-state index contributed by atoms with van der Waals surface area (Å²) in [5.41, 5.74) is 1.15. The Morgan fingerprint density at radius 1 is 1.44 bits per heavy atom. The van der Waals surface area contributed by atoms with Crippen LogP contribution in [0, 0.1) is 10.1 Å². The standard InChI is InChI=1S/C13H20N2O3/c1-3-5-13(14-8-10-18-11-9-14)7-6-12(4-2)15(16)17/h4,6-7H,2-3,5,8-11H2,1H3/b12-6+,13-7+. The van der Waals surface area contributed by atoms with E-state index in [1.807, 2.05) is 6.08 Å². The van der Waals surface area contributed by atoms with Gasteiger partial charge < -0.3 is 9.64 Å². The number of nitro groups is 1. The molecule has 1 saturated heterocycles. The second-order valence-corrected chi connectivity index (χ2v) is 4.06. The van der Waals surface area contributed by atoms with Crippen molar-refractivity contribution in [1.29, 1.82) is 0 Å². The van der Waals surface area contributed by atoms with Crippen molar-refractivity contribution in [2.45, 2.75) is 19.8 Å². The molecule has 0 aliphatic carbocycles. The summed E-state index contributed by atoms with van der Waals surface area (Å²) in [4.78, 5) is 12.5. The van der Waals surface area contributed by atoms with Gasteiger partial charge in [0.25, 0.3) is 5.70 Å². The molecule has 5 nitrogen and oxygen atoms in total. The van der Waals surface area contributed by atoms with Gasteiger partial charge in [0.1, 0.15) is 0 Å². The van der Waals surface area contributed by atoms with E-state index in [4.69, 9.17) is 4.74 Å². The lowest BCUT2D eigenvalue weighted by molar-refractivity contribution is -0.418. The minimum absolute atomic E-state index is 0.0249. The molecule has 0 bridgehead atoms. The first-order valence-corrected chi connectivity index (χ1v) is 6.19. The predicted octanol–water partition coefficient (Wildman–Crippen LogP) is 2.35. The first-order chi connectivity index (χ1) is 8.69. The van der Waals surface area contributed by atoms with Crippen LogP contribution in [0.25, 0.3) is 0 Å². The van der Waals surface area contributed by atoms with Crippen LogP contribution in [0.15, 0.2) is 36.2 Å². The zero-order valence-electron chi connectivity index (χ0n) is 10.8. The highest BCUT2D eigenvalue weighted by Crippen LogP contribution is 2.14. The molecule has 1 aliphatic heterocycles. The first-order valence-electron chi connectivity index (χ1n) is 6.19. The van der Waals surface area contributed by atoms with Crippen LogP contribution >= 0.6 is 0 Å². The van der Waals surface area contributed by atoms with Gasteiger partial charge in [-0.3, -0.25) is 10.1 Å². The van der Waals surface area contributed by atoms with E-state index in [1.165, 1.54) is 12.2 Å². The van der Waals surface area contributed by atoms with Crippen LogP contribution in [0.5, 0.6) is 0 Å². The van der Waals surface area contributed by atoms with Crippen molar-refractivity contribution in [2.75, 3.05) is 26.3 Å². The van der Waals surface area contributed by atoms with Gasteiger partial charge in [-0.1, -0.05) is 19.9 Å². The van der Waals surface area contributed by atoms with Crippen molar-refractivity contribution in [1.82, 2.24) is 4.90 Å². The van der Waals surface area contributed by atoms with E-state index < -0.39 is 4.92 Å². The molecule has 1 heterocycles. The number of morpholine rings is 1. The van der Waals surface area contributed by atoms with Gasteiger partial charge in [-0.05, 0) is 12.5 Å². The molecule has 0 spiro atoms. The Hall–Kier alpha value is -1.62. The van der Waals surface area contributed by atoms with Crippen molar-refractivity contribution in [3.8, 4) is 0 Å². The zero-order chi connectivity index (χ0) is 13.4. The Bertz CT molecular complexity index is 355. The van der Waals surface area contributed by atoms with Crippen LogP contribution in [-0.4, -0.2) is 36.1 Å². The molecule has 1 fully saturated rings. The second kappa shape index (κ2) is 7.66. The maximum atomic E-state index is 10.7. The fourth-order valence-electron chi connectivity index (χ4n) is 1.84. The van der Waals surface area contributed by atoms with Crippen molar-refractivity contribution >= 4 is 0 Å². The van der Waals surface area contributed by atoms with E-state index >= 15 is 0 Å². The molecule has 1 aliphatic rings. The van der Waals surface area contributed by atoms with Crippen molar-refractivity contribution in [3.05, 3.63) is 46.3 Å². The molecule has 0 amide bonds. The van der Waals surface area contributed by atoms with Gasteiger partial charge in [-0.25, -0.2) is 0 Å². The Morgan fingerprint density at radius 2 is 2.11 bits per heavy atom. The molecule has 0 radical (unpaired) electrons. The number of allylic oxidation sites excluding steroid dienone is 4. The number of rotatable bonds is 6. The molecule has 5 heteroatoms. The summed E-state index contributed by atoms with van der Waals surface area (Å²) in [6, 6.07) is 0. The highest BCUT2D eigenvalue weighted by atomic mass is 16.6. The average Bonchev–Trinajstić information content (AvgIpc) is 2.39. The van der Waals surface area contributed by atoms with Gasteiger partial charge in [0.15, 0.2) is 0 Å². The van der Waals surface area contributed by atoms with Crippen LogP contribution in [0.3, 0.4) is 0 Å². The van der Waals surface area contributed by atoms with Crippen molar-refractivity contribution in [2.24, 2.45) is 0 Å². The third kappa shape index (κ3) is 4.33. The monoisotopic (exact) mass is 252 g/mol. The number of nitrogens with zero attached hydrogens (tertiary/aromatic N) is 2. The summed E-state index contributed by atoms with van der Waals surface area (Å²) in [5, 5.41) is 10.7. The second-order valence-electron chi connectivity index (χ2n) is 4.06. The molecule has 0 atom stereocenters. The quantitative estimate of drug-likeness (QED) is 0.413. The lowest BCUT2D eigenvalue weighted by Gasteiger charge is -2.30. The lowest BCUT2D eigenvalue weighted by Crippen LogP contribution is -2.35. The summed E-state index contributed by atoms with van der Waals surface area (Å²) < 4.78 is 5.30. The van der Waals surface area contributed by atoms with Gasteiger partial charge in [0.2, 0.25) is 0 Å². The first kappa shape index (κ1) is 14.4. The average molecular weight is 252 g/mol. The maximum absolute atomic E-state index is 10.7. The fraction of sp³-hybridized carbons (Fsp3) is 0.538. The molecule has 0 unspecified atom stereocenters. The van der Waals surface area contributed by atoms with Gasteiger partial charge in [-0.15, -0.1) is 0 Å². The lowest BCUT2D eigenvalue weighted by atomic mass is 10.2. The third-order valence-electron chi connectivity index (χ3n) is 2.79. The van der Waals surface area contributed by atoms with E-state index in [9.17, 15) is 10.1 Å². The number of ether oxygens (including phenoxy) is 1. The Morgan fingerprint density at radius 3 is 2.61 bits per heavy atom. The molecule has 100 valence electrons. The van der Waals surface area contributed by atoms with Crippen LogP contribution < -0.4 is 0 Å². The summed E-state index contributed by atoms with van der Waals surface area (Å²) in [5.74, 6) is 0. The molecule has 18 heavy (non-hydrogen) atoms. The van der Waals surface area contributed by atoms with E-state index in [0.717, 1.165) is 31.6 Å². The predicted molar refractivity (Wildman–Crippen MR) is 70.7 cm³/mol. The normalized spacial score (nSPS) is 17.7. The molecule has 1 rings (SSSR count). The van der Waals surface area contributed by atoms with Crippen LogP contribution in [0.2, 0.25) is 0 Å². The molecular weight excluding hydrogens is 232 g/mol. The SMILES string of the molecule is C=C/C(=C\C=C(/CCC)N1CCOCC1)[N+](=O)[O-]. The third-order valence-corrected chi connectivity index (χ3v) is 2.79. The smallest absolute Gasteiger partial charge is 0.268 e. The van der Waals surface area contributed by atoms with Gasteiger partial charge in [-0.2, -0.15) is 0 Å². The minimum atomic E-state index is -0.424. The summed E-state index contributed by atoms with van der Waals surface area (Å²) in [6.45, 7) is 8.67. The van der Waals surface area contributed by atoms with Gasteiger partial charge in [0.05, 0.1) is 18.1 Å². The van der Waals surface area contributed by atoms with E-state index in [1.54, 1.807) is 0 Å². The number of hydrogen-bond donors (Lipinski definition) is 0. The minimum Gasteiger partial charge on any atom is -0.378 e. The summed E-state index contributed by atoms with van der Waals surface area (Å²) in [7, 11) is 0. The van der Waals surface area contributed by atoms with Gasteiger partial charge >= 0.3 is 0 Å². The topological polar surface area (TPSA) is 55.6 Å². The highest BCUT2D eigenvalue weighted by molar-refractivity contribution is 5.19. The molecule has 0 saturated carbocycles. The van der Waals surface area contributed by atoms with Crippen LogP contribution in [0.4, 0.5) is 0 Å². The van der Waals surface area contributed by atoms with Gasteiger partial charge in [0, 0.05) is 30.9 Å². The summed E-state index contributed by atoms with van der Waals surface area (Å²) in [6.07, 6.45) is 6.54. The molecule has 0 aromatic rings. The molecule has 0 aromatic heterocycles. The molecule has 0 aromatic carbocycles. The van der Waals surface area contributed by atoms with Crippen molar-refractivity contribution < 1.29 is 9.66 Å². The highest BCUT2D eigenvalue weighted by Gasteiger charge is 2.13. The molecule has 0 N–H and O–H groups in total. The summed E-state index contributed by atoms with van der Waals surface area (Å²) >= 11 is 0. The fourth-order valence-corrected chi connectivity index (χ4v) is 1.84. The zero-order valence-corrected chi connectivity index (χ0v) is 10.8. The van der Waals surface area contributed by atoms with Crippen LogP contribution in [0.1, 0.15) is 19.8 Å². The Kier molecular flexibility index (Phi) is 6.14. The number of hydrogen-bond acceptors (Lipinski definition) is 4. The Labute approximate surface area is 108 Å². The van der Waals surface area contributed by atoms with E-state index in [0.29, 0.717) is 13.2 Å². The van der Waals surface area contributed by atoms with E-state index in [2.05, 4.69) is 18.4 Å². The Balaban J connectivity index is 2.81. The van der Waals surface area contributed by atoms with E-state index in [-0.39, 0.29) is 5.70 Å².